The molecule has 0 saturated heterocycles. The Morgan fingerprint density at radius 3 is 2.16 bits per heavy atom. The molecule has 0 atom stereocenters. The summed E-state index contributed by atoms with van der Waals surface area (Å²) in [5.41, 5.74) is -3.35. The van der Waals surface area contributed by atoms with Gasteiger partial charge >= 0.3 is 18.3 Å². The van der Waals surface area contributed by atoms with Gasteiger partial charge in [-0.2, -0.15) is 31.6 Å². The average Bonchev–Trinajstić information content (AvgIpc) is 2.26. The molecule has 0 unspecified atom stereocenters. The third kappa shape index (κ3) is 3.37. The first-order chi connectivity index (χ1) is 8.57. The Hall–Kier alpha value is -2.24. The van der Waals surface area contributed by atoms with Gasteiger partial charge in [0, 0.05) is 0 Å². The number of nitriles is 1. The van der Waals surface area contributed by atoms with Crippen molar-refractivity contribution in [2.24, 2.45) is 0 Å². The Balaban J connectivity index is 3.25. The van der Waals surface area contributed by atoms with E-state index >= 15 is 0 Å². The fourth-order valence-corrected chi connectivity index (χ4v) is 1.21. The topological polar surface area (TPSA) is 52.9 Å². The van der Waals surface area contributed by atoms with E-state index in [4.69, 9.17) is 5.26 Å². The van der Waals surface area contributed by atoms with E-state index in [-0.39, 0.29) is 0 Å². The Labute approximate surface area is 102 Å². The summed E-state index contributed by atoms with van der Waals surface area (Å²) in [6.45, 7) is 0. The molecule has 0 saturated carbocycles. The summed E-state index contributed by atoms with van der Waals surface area (Å²) < 4.78 is 73.5. The largest absolute Gasteiger partial charge is 0.471 e. The van der Waals surface area contributed by atoms with E-state index in [9.17, 15) is 31.1 Å². The molecule has 19 heavy (non-hydrogen) atoms. The highest BCUT2D eigenvalue weighted by atomic mass is 19.4. The maximum atomic E-state index is 12.5. The van der Waals surface area contributed by atoms with Crippen LogP contribution in [0.15, 0.2) is 18.2 Å². The minimum absolute atomic E-state index is 0.530. The lowest BCUT2D eigenvalue weighted by Crippen LogP contribution is -2.30. The SMILES string of the molecule is N#Cc1c(NC(=O)C(F)(F)F)cccc1C(F)(F)F. The summed E-state index contributed by atoms with van der Waals surface area (Å²) in [4.78, 5) is 10.6. The van der Waals surface area contributed by atoms with Crippen LogP contribution in [0.25, 0.3) is 0 Å². The van der Waals surface area contributed by atoms with Gasteiger partial charge in [-0.15, -0.1) is 0 Å². The van der Waals surface area contributed by atoms with Crippen molar-refractivity contribution >= 4 is 11.6 Å². The van der Waals surface area contributed by atoms with Gasteiger partial charge in [0.05, 0.1) is 16.8 Å². The molecule has 0 aliphatic carbocycles. The molecule has 0 aromatic heterocycles. The zero-order valence-corrected chi connectivity index (χ0v) is 8.86. The van der Waals surface area contributed by atoms with E-state index in [1.54, 1.807) is 0 Å². The lowest BCUT2D eigenvalue weighted by molar-refractivity contribution is -0.167. The van der Waals surface area contributed by atoms with Crippen molar-refractivity contribution in [1.29, 1.82) is 5.26 Å². The van der Waals surface area contributed by atoms with E-state index in [1.165, 1.54) is 5.32 Å². The fraction of sp³-hybridized carbons (Fsp3) is 0.200. The number of rotatable bonds is 1. The lowest BCUT2D eigenvalue weighted by atomic mass is 10.1. The number of hydrogen-bond acceptors (Lipinski definition) is 2. The molecule has 9 heteroatoms. The molecule has 3 nitrogen and oxygen atoms in total. The number of amides is 1. The van der Waals surface area contributed by atoms with Crippen molar-refractivity contribution in [1.82, 2.24) is 0 Å². The maximum Gasteiger partial charge on any atom is 0.471 e. The highest BCUT2D eigenvalue weighted by Gasteiger charge is 2.40. The standard InChI is InChI=1S/C10H4F6N2O/c11-9(12,13)6-2-1-3-7(5(6)4-17)18-8(19)10(14,15)16/h1-3H,(H,18,19). The van der Waals surface area contributed by atoms with E-state index in [0.29, 0.717) is 6.07 Å². The quantitative estimate of drug-likeness (QED) is 0.805. The number of anilines is 1. The Bertz CT molecular complexity index is 540. The Morgan fingerprint density at radius 2 is 1.74 bits per heavy atom. The van der Waals surface area contributed by atoms with Crippen LogP contribution in [-0.2, 0) is 11.0 Å². The Kier molecular flexibility index (Phi) is 3.74. The van der Waals surface area contributed by atoms with Gasteiger partial charge in [-0.25, -0.2) is 0 Å². The summed E-state index contributed by atoms with van der Waals surface area (Å²) in [5, 5.41) is 9.82. The van der Waals surface area contributed by atoms with Crippen LogP contribution >= 0.6 is 0 Å². The van der Waals surface area contributed by atoms with Crippen LogP contribution in [0.1, 0.15) is 11.1 Å². The van der Waals surface area contributed by atoms with Crippen LogP contribution < -0.4 is 5.32 Å². The summed E-state index contributed by atoms with van der Waals surface area (Å²) >= 11 is 0. The van der Waals surface area contributed by atoms with Crippen molar-refractivity contribution < 1.29 is 31.1 Å². The second kappa shape index (κ2) is 4.79. The first kappa shape index (κ1) is 14.8. The maximum absolute atomic E-state index is 12.5. The van der Waals surface area contributed by atoms with Crippen LogP contribution in [0.4, 0.5) is 32.0 Å². The number of nitrogens with one attached hydrogen (secondary N) is 1. The van der Waals surface area contributed by atoms with E-state index in [1.807, 2.05) is 0 Å². The number of nitrogens with zero attached hydrogens (tertiary/aromatic N) is 1. The summed E-state index contributed by atoms with van der Waals surface area (Å²) in [6.07, 6.45) is -10.2. The van der Waals surface area contributed by atoms with Gasteiger partial charge in [0.1, 0.15) is 6.07 Å². The van der Waals surface area contributed by atoms with Gasteiger partial charge in [-0.3, -0.25) is 4.79 Å². The predicted octanol–water partition coefficient (Wildman–Crippen LogP) is 3.08. The normalized spacial score (nSPS) is 11.8. The van der Waals surface area contributed by atoms with Crippen molar-refractivity contribution in [2.45, 2.75) is 12.4 Å². The molecule has 0 spiro atoms. The molecule has 1 N–H and O–H groups in total. The molecule has 0 aliphatic heterocycles. The Morgan fingerprint density at radius 1 is 1.16 bits per heavy atom. The van der Waals surface area contributed by atoms with Crippen LogP contribution in [-0.4, -0.2) is 12.1 Å². The lowest BCUT2D eigenvalue weighted by Gasteiger charge is -2.13. The molecule has 1 amide bonds. The molecule has 0 fully saturated rings. The third-order valence-corrected chi connectivity index (χ3v) is 1.99. The van der Waals surface area contributed by atoms with Crippen molar-refractivity contribution in [2.75, 3.05) is 5.32 Å². The minimum atomic E-state index is -5.26. The molecule has 102 valence electrons. The second-order valence-corrected chi connectivity index (χ2v) is 3.29. The molecule has 0 bridgehead atoms. The van der Waals surface area contributed by atoms with Crippen LogP contribution in [0.5, 0.6) is 0 Å². The third-order valence-electron chi connectivity index (χ3n) is 1.99. The van der Waals surface area contributed by atoms with Crippen LogP contribution in [0.2, 0.25) is 0 Å². The molecular weight excluding hydrogens is 278 g/mol. The number of carbonyl (C=O) groups is 1. The highest BCUT2D eigenvalue weighted by molar-refractivity contribution is 5.96. The van der Waals surface area contributed by atoms with E-state index < -0.39 is 35.1 Å². The van der Waals surface area contributed by atoms with Crippen molar-refractivity contribution in [3.8, 4) is 6.07 Å². The zero-order valence-electron chi connectivity index (χ0n) is 8.86. The first-order valence-corrected chi connectivity index (χ1v) is 4.56. The van der Waals surface area contributed by atoms with Gasteiger partial charge in [-0.1, -0.05) is 6.07 Å². The minimum Gasteiger partial charge on any atom is -0.317 e. The summed E-state index contributed by atoms with van der Waals surface area (Å²) in [6, 6.07) is 3.22. The molecule has 0 heterocycles. The molecule has 1 rings (SSSR count). The van der Waals surface area contributed by atoms with Gasteiger partial charge in [-0.05, 0) is 12.1 Å². The summed E-state index contributed by atoms with van der Waals surface area (Å²) in [5.74, 6) is -2.46. The van der Waals surface area contributed by atoms with Gasteiger partial charge in [0.25, 0.3) is 0 Å². The van der Waals surface area contributed by atoms with Gasteiger partial charge in [0.15, 0.2) is 0 Å². The monoisotopic (exact) mass is 282 g/mol. The van der Waals surface area contributed by atoms with Gasteiger partial charge < -0.3 is 5.32 Å². The summed E-state index contributed by atoms with van der Waals surface area (Å²) in [7, 11) is 0. The number of benzene rings is 1. The zero-order chi connectivity index (χ0) is 14.8. The second-order valence-electron chi connectivity index (χ2n) is 3.29. The highest BCUT2D eigenvalue weighted by Crippen LogP contribution is 2.35. The molecule has 1 aromatic rings. The fourth-order valence-electron chi connectivity index (χ4n) is 1.21. The van der Waals surface area contributed by atoms with Crippen molar-refractivity contribution in [3.63, 3.8) is 0 Å². The van der Waals surface area contributed by atoms with Crippen LogP contribution in [0, 0.1) is 11.3 Å². The number of carbonyl (C=O) groups excluding carboxylic acids is 1. The molecular formula is C10H4F6N2O. The van der Waals surface area contributed by atoms with Crippen LogP contribution in [0.3, 0.4) is 0 Å². The molecule has 1 aromatic carbocycles. The van der Waals surface area contributed by atoms with E-state index in [0.717, 1.165) is 18.2 Å². The number of alkyl halides is 6. The average molecular weight is 282 g/mol. The first-order valence-electron chi connectivity index (χ1n) is 4.56. The smallest absolute Gasteiger partial charge is 0.317 e. The van der Waals surface area contributed by atoms with Crippen molar-refractivity contribution in [3.05, 3.63) is 29.3 Å². The van der Waals surface area contributed by atoms with Gasteiger partial charge in [0.2, 0.25) is 0 Å². The molecule has 0 radical (unpaired) electrons. The molecule has 0 aliphatic rings. The predicted molar refractivity (Wildman–Crippen MR) is 50.8 cm³/mol. The number of halogens is 6. The van der Waals surface area contributed by atoms with E-state index in [2.05, 4.69) is 0 Å². The number of hydrogen-bond donors (Lipinski definition) is 1.